The van der Waals surface area contributed by atoms with Crippen LogP contribution < -0.4 is 5.32 Å². The fourth-order valence-electron chi connectivity index (χ4n) is 4.70. The molecule has 2 aliphatic carbocycles. The molecule has 4 heteroatoms. The zero-order valence-corrected chi connectivity index (χ0v) is 14.7. The Morgan fingerprint density at radius 2 is 1.83 bits per heavy atom. The van der Waals surface area contributed by atoms with E-state index in [1.54, 1.807) is 0 Å². The minimum atomic E-state index is -0.364. The highest BCUT2D eigenvalue weighted by atomic mass is 19.1. The summed E-state index contributed by atoms with van der Waals surface area (Å²) >= 11 is 0. The first-order chi connectivity index (χ1) is 11.2. The van der Waals surface area contributed by atoms with E-state index >= 15 is 0 Å². The third kappa shape index (κ3) is 2.76. The van der Waals surface area contributed by atoms with Crippen LogP contribution in [-0.4, -0.2) is 17.7 Å². The van der Waals surface area contributed by atoms with E-state index in [1.807, 2.05) is 0 Å². The van der Waals surface area contributed by atoms with Crippen LogP contribution in [0.5, 0.6) is 0 Å². The summed E-state index contributed by atoms with van der Waals surface area (Å²) < 4.78 is 12.9. The second-order valence-corrected chi connectivity index (χ2v) is 8.16. The number of benzene rings is 1. The molecule has 0 unspecified atom stereocenters. The number of Topliss-reactive ketones (excluding diaryl/α,β-unsaturated/α-hetero) is 1. The van der Waals surface area contributed by atoms with Crippen molar-refractivity contribution in [1.82, 2.24) is 5.32 Å². The zero-order valence-electron chi connectivity index (χ0n) is 14.7. The highest BCUT2D eigenvalue weighted by molar-refractivity contribution is 5.97. The number of rotatable bonds is 5. The van der Waals surface area contributed by atoms with E-state index in [2.05, 4.69) is 26.1 Å². The molecule has 1 N–H and O–H groups in total. The van der Waals surface area contributed by atoms with E-state index in [0.717, 1.165) is 12.8 Å². The van der Waals surface area contributed by atoms with Gasteiger partial charge >= 0.3 is 0 Å². The Labute approximate surface area is 143 Å². The maximum atomic E-state index is 12.9. The van der Waals surface area contributed by atoms with Gasteiger partial charge < -0.3 is 5.32 Å². The van der Waals surface area contributed by atoms with Crippen LogP contribution in [0.15, 0.2) is 24.3 Å². The summed E-state index contributed by atoms with van der Waals surface area (Å²) in [5.41, 5.74) is 0.862. The third-order valence-electron chi connectivity index (χ3n) is 6.87. The Hall–Kier alpha value is -1.71. The maximum absolute atomic E-state index is 12.9. The average molecular weight is 331 g/mol. The molecule has 0 aliphatic heterocycles. The van der Waals surface area contributed by atoms with Crippen LogP contribution in [0, 0.1) is 22.6 Å². The molecular formula is C20H26FNO2. The molecule has 3 rings (SSSR count). The molecule has 3 nitrogen and oxygen atoms in total. The summed E-state index contributed by atoms with van der Waals surface area (Å²) in [7, 11) is 0. The number of fused-ring (bicyclic) bond motifs is 2. The van der Waals surface area contributed by atoms with Gasteiger partial charge in [-0.1, -0.05) is 20.8 Å². The largest absolute Gasteiger partial charge is 0.353 e. The molecule has 2 saturated carbocycles. The van der Waals surface area contributed by atoms with Crippen LogP contribution >= 0.6 is 0 Å². The van der Waals surface area contributed by atoms with E-state index in [-0.39, 0.29) is 47.2 Å². The second kappa shape index (κ2) is 5.98. The van der Waals surface area contributed by atoms with Crippen LogP contribution in [0.4, 0.5) is 4.39 Å². The Morgan fingerprint density at radius 1 is 1.17 bits per heavy atom. The first-order valence-corrected chi connectivity index (χ1v) is 8.82. The normalized spacial score (nSPS) is 30.3. The molecule has 130 valence electrons. The van der Waals surface area contributed by atoms with Crippen molar-refractivity contribution in [1.29, 1.82) is 0 Å². The second-order valence-electron chi connectivity index (χ2n) is 8.16. The van der Waals surface area contributed by atoms with E-state index < -0.39 is 0 Å². The van der Waals surface area contributed by atoms with Gasteiger partial charge in [-0.2, -0.15) is 0 Å². The molecule has 2 bridgehead atoms. The van der Waals surface area contributed by atoms with Gasteiger partial charge in [0.1, 0.15) is 5.82 Å². The summed E-state index contributed by atoms with van der Waals surface area (Å²) in [5, 5.41) is 3.17. The minimum absolute atomic E-state index is 0.0555. The summed E-state index contributed by atoms with van der Waals surface area (Å²) in [6.45, 7) is 6.92. The van der Waals surface area contributed by atoms with Crippen molar-refractivity contribution in [3.63, 3.8) is 0 Å². The molecule has 0 aromatic heterocycles. The van der Waals surface area contributed by atoms with Gasteiger partial charge in [0.05, 0.1) is 0 Å². The van der Waals surface area contributed by atoms with E-state index in [1.165, 1.54) is 30.7 Å². The monoisotopic (exact) mass is 331 g/mol. The quantitative estimate of drug-likeness (QED) is 0.825. The molecule has 3 atom stereocenters. The predicted octanol–water partition coefficient (Wildman–Crippen LogP) is 4.12. The predicted molar refractivity (Wildman–Crippen MR) is 91.1 cm³/mol. The lowest BCUT2D eigenvalue weighted by Crippen LogP contribution is -2.46. The lowest BCUT2D eigenvalue weighted by atomic mass is 9.69. The van der Waals surface area contributed by atoms with Crippen LogP contribution in [0.3, 0.4) is 0 Å². The molecule has 2 aliphatic rings. The molecule has 1 aromatic rings. The molecule has 1 aromatic carbocycles. The number of carbonyl (C=O) groups is 2. The van der Waals surface area contributed by atoms with E-state index in [0.29, 0.717) is 11.5 Å². The molecule has 2 fully saturated rings. The highest BCUT2D eigenvalue weighted by Gasteiger charge is 2.61. The standard InChI is InChI=1S/C20H26FNO2/c1-19(2)14-10-11-20(19,3)17(12-14)22-18(24)9-8-16(23)13-4-6-15(21)7-5-13/h4-7,14,17H,8-12H2,1-3H3,(H,22,24)/t14-,17+,20-/m0/s1. The van der Waals surface area contributed by atoms with Crippen molar-refractivity contribution >= 4 is 11.7 Å². The SMILES string of the molecule is CC1(C)[C@H]2CC[C@@]1(C)[C@H](NC(=O)CCC(=O)c1ccc(F)cc1)C2. The topological polar surface area (TPSA) is 46.2 Å². The summed E-state index contributed by atoms with van der Waals surface area (Å²) in [5.74, 6) is 0.134. The van der Waals surface area contributed by atoms with Crippen molar-refractivity contribution in [2.75, 3.05) is 0 Å². The van der Waals surface area contributed by atoms with Gasteiger partial charge in [0.25, 0.3) is 0 Å². The average Bonchev–Trinajstić information content (AvgIpc) is 2.86. The van der Waals surface area contributed by atoms with Gasteiger partial charge in [0, 0.05) is 24.4 Å². The smallest absolute Gasteiger partial charge is 0.220 e. The van der Waals surface area contributed by atoms with Crippen LogP contribution in [0.1, 0.15) is 63.2 Å². The number of ketones is 1. The molecule has 0 saturated heterocycles. The Balaban J connectivity index is 1.54. The van der Waals surface area contributed by atoms with Gasteiger partial charge in [-0.3, -0.25) is 9.59 Å². The van der Waals surface area contributed by atoms with Crippen LogP contribution in [0.25, 0.3) is 0 Å². The van der Waals surface area contributed by atoms with Crippen molar-refractivity contribution in [3.05, 3.63) is 35.6 Å². The van der Waals surface area contributed by atoms with Crippen LogP contribution in [-0.2, 0) is 4.79 Å². The lowest BCUT2D eigenvalue weighted by Gasteiger charge is -2.39. The van der Waals surface area contributed by atoms with Gasteiger partial charge in [-0.15, -0.1) is 0 Å². The van der Waals surface area contributed by atoms with E-state index in [9.17, 15) is 14.0 Å². The number of amides is 1. The number of hydrogen-bond donors (Lipinski definition) is 1. The third-order valence-corrected chi connectivity index (χ3v) is 6.87. The van der Waals surface area contributed by atoms with Crippen molar-refractivity contribution < 1.29 is 14.0 Å². The maximum Gasteiger partial charge on any atom is 0.220 e. The van der Waals surface area contributed by atoms with Gasteiger partial charge in [0.2, 0.25) is 5.91 Å². The van der Waals surface area contributed by atoms with Crippen LogP contribution in [0.2, 0.25) is 0 Å². The zero-order chi connectivity index (χ0) is 17.5. The number of halogens is 1. The highest BCUT2D eigenvalue weighted by Crippen LogP contribution is 2.65. The number of hydrogen-bond acceptors (Lipinski definition) is 2. The van der Waals surface area contributed by atoms with Gasteiger partial charge in [0.15, 0.2) is 5.78 Å². The van der Waals surface area contributed by atoms with Gasteiger partial charge in [-0.25, -0.2) is 4.39 Å². The van der Waals surface area contributed by atoms with Crippen molar-refractivity contribution in [3.8, 4) is 0 Å². The molecule has 1 amide bonds. The summed E-state index contributed by atoms with van der Waals surface area (Å²) in [6.07, 6.45) is 3.80. The summed E-state index contributed by atoms with van der Waals surface area (Å²) in [6, 6.07) is 5.68. The van der Waals surface area contributed by atoms with Crippen molar-refractivity contribution in [2.45, 2.75) is 58.9 Å². The van der Waals surface area contributed by atoms with Crippen molar-refractivity contribution in [2.24, 2.45) is 16.7 Å². The summed E-state index contributed by atoms with van der Waals surface area (Å²) in [4.78, 5) is 24.4. The van der Waals surface area contributed by atoms with E-state index in [4.69, 9.17) is 0 Å². The molecule has 0 heterocycles. The Bertz CT molecular complexity index is 652. The molecule has 0 spiro atoms. The first-order valence-electron chi connectivity index (χ1n) is 8.82. The molecular weight excluding hydrogens is 305 g/mol. The first kappa shape index (κ1) is 17.1. The fraction of sp³-hybridized carbons (Fsp3) is 0.600. The Kier molecular flexibility index (Phi) is 4.27. The number of carbonyl (C=O) groups excluding carboxylic acids is 2. The molecule has 24 heavy (non-hydrogen) atoms. The number of nitrogens with one attached hydrogen (secondary N) is 1. The minimum Gasteiger partial charge on any atom is -0.353 e. The Morgan fingerprint density at radius 3 is 2.38 bits per heavy atom. The molecule has 0 radical (unpaired) electrons. The fourth-order valence-corrected chi connectivity index (χ4v) is 4.70. The lowest BCUT2D eigenvalue weighted by molar-refractivity contribution is -0.122. The van der Waals surface area contributed by atoms with Gasteiger partial charge in [-0.05, 0) is 60.3 Å².